The first-order valence-corrected chi connectivity index (χ1v) is 6.98. The minimum Gasteiger partial charge on any atom is -0.372 e. The first kappa shape index (κ1) is 14.1. The van der Waals surface area contributed by atoms with Crippen molar-refractivity contribution in [3.63, 3.8) is 0 Å². The summed E-state index contributed by atoms with van der Waals surface area (Å²) in [5, 5.41) is 9.97. The number of nitriles is 1. The largest absolute Gasteiger partial charge is 0.372 e. The second-order valence-electron chi connectivity index (χ2n) is 4.63. The topological polar surface area (TPSA) is 49.0 Å². The third kappa shape index (κ3) is 2.27. The molecule has 4 nitrogen and oxygen atoms in total. The van der Waals surface area contributed by atoms with Crippen LogP contribution in [0.2, 0.25) is 0 Å². The van der Waals surface area contributed by atoms with Crippen LogP contribution in [0.15, 0.2) is 29.1 Å². The van der Waals surface area contributed by atoms with Crippen molar-refractivity contribution in [1.29, 1.82) is 5.26 Å². The molecular formula is C16H19N3O. The summed E-state index contributed by atoms with van der Waals surface area (Å²) >= 11 is 0. The molecule has 0 N–H and O–H groups in total. The first-order chi connectivity index (χ1) is 9.65. The van der Waals surface area contributed by atoms with Crippen LogP contribution in [0.5, 0.6) is 0 Å². The average Bonchev–Trinajstić information content (AvgIpc) is 2.48. The van der Waals surface area contributed by atoms with E-state index in [0.717, 1.165) is 29.7 Å². The van der Waals surface area contributed by atoms with Crippen LogP contribution in [0.1, 0.15) is 26.3 Å². The van der Waals surface area contributed by atoms with Gasteiger partial charge in [0, 0.05) is 25.3 Å². The van der Waals surface area contributed by atoms with E-state index in [9.17, 15) is 4.79 Å². The van der Waals surface area contributed by atoms with Crippen LogP contribution in [0.4, 0.5) is 5.69 Å². The lowest BCUT2D eigenvalue weighted by Crippen LogP contribution is -2.24. The van der Waals surface area contributed by atoms with Gasteiger partial charge in [-0.2, -0.15) is 5.26 Å². The van der Waals surface area contributed by atoms with Gasteiger partial charge in [-0.05, 0) is 44.4 Å². The van der Waals surface area contributed by atoms with Crippen molar-refractivity contribution in [2.75, 3.05) is 18.0 Å². The molecule has 20 heavy (non-hydrogen) atoms. The number of anilines is 1. The molecule has 0 aliphatic carbocycles. The first-order valence-electron chi connectivity index (χ1n) is 6.98. The van der Waals surface area contributed by atoms with E-state index in [2.05, 4.69) is 18.7 Å². The Morgan fingerprint density at radius 3 is 2.45 bits per heavy atom. The van der Waals surface area contributed by atoms with Crippen molar-refractivity contribution in [1.82, 2.24) is 4.57 Å². The van der Waals surface area contributed by atoms with E-state index in [0.29, 0.717) is 6.54 Å². The Labute approximate surface area is 118 Å². The predicted octanol–water partition coefficient (Wildman–Crippen LogP) is 2.74. The van der Waals surface area contributed by atoms with Crippen LogP contribution in [0, 0.1) is 11.3 Å². The van der Waals surface area contributed by atoms with Crippen molar-refractivity contribution >= 4 is 16.6 Å². The quantitative estimate of drug-likeness (QED) is 0.857. The van der Waals surface area contributed by atoms with Crippen LogP contribution in [0.3, 0.4) is 0 Å². The molecule has 2 rings (SSSR count). The molecule has 104 valence electrons. The number of fused-ring (bicyclic) bond motifs is 1. The smallest absolute Gasteiger partial charge is 0.268 e. The summed E-state index contributed by atoms with van der Waals surface area (Å²) in [6.07, 6.45) is 0. The van der Waals surface area contributed by atoms with E-state index >= 15 is 0 Å². The Kier molecular flexibility index (Phi) is 4.09. The highest BCUT2D eigenvalue weighted by Crippen LogP contribution is 2.22. The van der Waals surface area contributed by atoms with Crippen LogP contribution in [-0.4, -0.2) is 17.7 Å². The normalized spacial score (nSPS) is 10.5. The molecule has 1 aromatic heterocycles. The van der Waals surface area contributed by atoms with Crippen molar-refractivity contribution in [3.8, 4) is 6.07 Å². The molecule has 0 unspecified atom stereocenters. The van der Waals surface area contributed by atoms with Gasteiger partial charge in [0.25, 0.3) is 5.56 Å². The molecule has 0 fully saturated rings. The Morgan fingerprint density at radius 2 is 1.90 bits per heavy atom. The molecule has 0 radical (unpaired) electrons. The van der Waals surface area contributed by atoms with Gasteiger partial charge < -0.3 is 9.47 Å². The number of benzene rings is 1. The fourth-order valence-electron chi connectivity index (χ4n) is 2.54. The maximum Gasteiger partial charge on any atom is 0.268 e. The Morgan fingerprint density at radius 1 is 1.20 bits per heavy atom. The average molecular weight is 269 g/mol. The van der Waals surface area contributed by atoms with Gasteiger partial charge in [0.05, 0.1) is 5.52 Å². The summed E-state index contributed by atoms with van der Waals surface area (Å²) in [7, 11) is 0. The standard InChI is InChI=1S/C16H19N3O/c1-4-18(5-2)14-8-7-12-9-13(11-17)16(20)19(6-3)15(12)10-14/h7-10H,4-6H2,1-3H3. The highest BCUT2D eigenvalue weighted by molar-refractivity contribution is 5.84. The van der Waals surface area contributed by atoms with E-state index in [1.807, 2.05) is 31.2 Å². The summed E-state index contributed by atoms with van der Waals surface area (Å²) in [6, 6.07) is 9.71. The third-order valence-electron chi connectivity index (χ3n) is 3.65. The van der Waals surface area contributed by atoms with Gasteiger partial charge in [-0.25, -0.2) is 0 Å². The molecule has 1 aromatic carbocycles. The van der Waals surface area contributed by atoms with E-state index in [4.69, 9.17) is 5.26 Å². The molecule has 0 amide bonds. The minimum absolute atomic E-state index is 0.204. The second-order valence-corrected chi connectivity index (χ2v) is 4.63. The van der Waals surface area contributed by atoms with Crippen molar-refractivity contribution in [2.45, 2.75) is 27.3 Å². The van der Waals surface area contributed by atoms with Gasteiger partial charge in [0.15, 0.2) is 0 Å². The van der Waals surface area contributed by atoms with Gasteiger partial charge in [-0.15, -0.1) is 0 Å². The van der Waals surface area contributed by atoms with Gasteiger partial charge in [0.2, 0.25) is 0 Å². The van der Waals surface area contributed by atoms with Crippen molar-refractivity contribution in [2.24, 2.45) is 0 Å². The highest BCUT2D eigenvalue weighted by atomic mass is 16.1. The summed E-state index contributed by atoms with van der Waals surface area (Å²) in [5.41, 5.74) is 1.99. The van der Waals surface area contributed by atoms with Crippen molar-refractivity contribution in [3.05, 3.63) is 40.2 Å². The monoisotopic (exact) mass is 269 g/mol. The zero-order valence-electron chi connectivity index (χ0n) is 12.2. The Hall–Kier alpha value is -2.28. The number of rotatable bonds is 4. The van der Waals surface area contributed by atoms with Crippen LogP contribution in [0.25, 0.3) is 10.9 Å². The Bertz CT molecular complexity index is 721. The lowest BCUT2D eigenvalue weighted by molar-refractivity contribution is 0.756. The number of hydrogen-bond acceptors (Lipinski definition) is 3. The van der Waals surface area contributed by atoms with Gasteiger partial charge in [-0.1, -0.05) is 6.07 Å². The van der Waals surface area contributed by atoms with Crippen LogP contribution >= 0.6 is 0 Å². The van der Waals surface area contributed by atoms with E-state index in [1.165, 1.54) is 0 Å². The zero-order chi connectivity index (χ0) is 14.7. The lowest BCUT2D eigenvalue weighted by Gasteiger charge is -2.22. The third-order valence-corrected chi connectivity index (χ3v) is 3.65. The van der Waals surface area contributed by atoms with E-state index in [1.54, 1.807) is 10.6 Å². The SMILES string of the molecule is CCN(CC)c1ccc2cc(C#N)c(=O)n(CC)c2c1. The number of nitrogens with zero attached hydrogens (tertiary/aromatic N) is 3. The maximum atomic E-state index is 12.2. The van der Waals surface area contributed by atoms with Gasteiger partial charge in [-0.3, -0.25) is 4.79 Å². The molecular weight excluding hydrogens is 250 g/mol. The molecule has 4 heteroatoms. The van der Waals surface area contributed by atoms with Crippen molar-refractivity contribution < 1.29 is 0 Å². The predicted molar refractivity (Wildman–Crippen MR) is 82.2 cm³/mol. The lowest BCUT2D eigenvalue weighted by atomic mass is 10.1. The minimum atomic E-state index is -0.209. The summed E-state index contributed by atoms with van der Waals surface area (Å²) in [4.78, 5) is 14.4. The molecule has 0 bridgehead atoms. The maximum absolute atomic E-state index is 12.2. The number of aryl methyl sites for hydroxylation is 1. The molecule has 0 aliphatic heterocycles. The van der Waals surface area contributed by atoms with Crippen LogP contribution in [-0.2, 0) is 6.54 Å². The van der Waals surface area contributed by atoms with E-state index in [-0.39, 0.29) is 11.1 Å². The van der Waals surface area contributed by atoms with Gasteiger partial charge >= 0.3 is 0 Å². The van der Waals surface area contributed by atoms with Crippen LogP contribution < -0.4 is 10.5 Å². The molecule has 0 atom stereocenters. The molecule has 0 spiro atoms. The molecule has 0 saturated carbocycles. The highest BCUT2D eigenvalue weighted by Gasteiger charge is 2.10. The fraction of sp³-hybridized carbons (Fsp3) is 0.375. The summed E-state index contributed by atoms with van der Waals surface area (Å²) in [5.74, 6) is 0. The van der Waals surface area contributed by atoms with E-state index < -0.39 is 0 Å². The summed E-state index contributed by atoms with van der Waals surface area (Å²) in [6.45, 7) is 8.56. The number of hydrogen-bond donors (Lipinski definition) is 0. The summed E-state index contributed by atoms with van der Waals surface area (Å²) < 4.78 is 1.67. The molecule has 0 saturated heterocycles. The zero-order valence-corrected chi connectivity index (χ0v) is 12.2. The Balaban J connectivity index is 2.75. The fourth-order valence-corrected chi connectivity index (χ4v) is 2.54. The molecule has 0 aliphatic rings. The number of pyridine rings is 1. The molecule has 1 heterocycles. The second kappa shape index (κ2) is 5.79. The molecule has 2 aromatic rings. The number of aromatic nitrogens is 1. The van der Waals surface area contributed by atoms with Gasteiger partial charge in [0.1, 0.15) is 11.6 Å².